The first-order chi connectivity index (χ1) is 20.6. The van der Waals surface area contributed by atoms with Crippen LogP contribution in [0.1, 0.15) is 24.0 Å². The van der Waals surface area contributed by atoms with Crippen molar-refractivity contribution >= 4 is 33.1 Å². The number of benzene rings is 3. The normalized spacial score (nSPS) is 24.6. The summed E-state index contributed by atoms with van der Waals surface area (Å²) in [5.74, 6) is 7.43. The van der Waals surface area contributed by atoms with Crippen molar-refractivity contribution in [2.45, 2.75) is 30.3 Å². The third-order valence-electron chi connectivity index (χ3n) is 8.27. The molecule has 7 rings (SSSR count). The summed E-state index contributed by atoms with van der Waals surface area (Å²) in [6.45, 7) is 1.54. The molecule has 0 amide bonds. The molecule has 3 aliphatic rings. The number of nitrogens with two attached hydrogens (primary N) is 1. The van der Waals surface area contributed by atoms with Crippen LogP contribution in [0.15, 0.2) is 124 Å². The van der Waals surface area contributed by atoms with Gasteiger partial charge in [0.2, 0.25) is 5.70 Å². The van der Waals surface area contributed by atoms with Crippen LogP contribution in [0.4, 0.5) is 0 Å². The first kappa shape index (κ1) is 27.5. The van der Waals surface area contributed by atoms with Crippen LogP contribution >= 0.6 is 0 Å². The van der Waals surface area contributed by atoms with E-state index in [4.69, 9.17) is 20.0 Å². The summed E-state index contributed by atoms with van der Waals surface area (Å²) in [5, 5.41) is 12.1. The van der Waals surface area contributed by atoms with E-state index in [1.165, 1.54) is 12.1 Å². The number of aliphatic hydroxyl groups is 1. The van der Waals surface area contributed by atoms with E-state index in [0.717, 1.165) is 39.0 Å². The van der Waals surface area contributed by atoms with E-state index in [9.17, 15) is 13.5 Å². The molecule has 9 nitrogen and oxygen atoms in total. The number of aromatic nitrogens is 1. The molecule has 3 N–H and O–H groups in total. The van der Waals surface area contributed by atoms with E-state index < -0.39 is 15.7 Å². The summed E-state index contributed by atoms with van der Waals surface area (Å²) in [5.41, 5.74) is 4.63. The van der Waals surface area contributed by atoms with Crippen molar-refractivity contribution in [1.29, 1.82) is 0 Å². The molecule has 2 aliphatic heterocycles. The Morgan fingerprint density at radius 2 is 1.74 bits per heavy atom. The fourth-order valence-corrected chi connectivity index (χ4v) is 6.84. The van der Waals surface area contributed by atoms with Crippen molar-refractivity contribution in [3.8, 4) is 11.3 Å². The van der Waals surface area contributed by atoms with Gasteiger partial charge >= 0.3 is 0 Å². The first-order valence-electron chi connectivity index (χ1n) is 14.0. The Hall–Kier alpha value is -4.32. The molecule has 0 spiro atoms. The Labute approximate surface area is 249 Å². The Morgan fingerprint density at radius 1 is 1.00 bits per heavy atom. The second kappa shape index (κ2) is 10.1. The van der Waals surface area contributed by atoms with Crippen molar-refractivity contribution < 1.29 is 22.3 Å². The van der Waals surface area contributed by atoms with Gasteiger partial charge in [-0.2, -0.15) is 19.3 Å². The van der Waals surface area contributed by atoms with E-state index in [1.54, 1.807) is 30.7 Å². The number of hydrogen-bond donors (Lipinski definition) is 2. The smallest absolute Gasteiger partial charge is 0.297 e. The zero-order chi connectivity index (χ0) is 29.8. The van der Waals surface area contributed by atoms with Crippen molar-refractivity contribution in [2.75, 3.05) is 6.61 Å². The highest BCUT2D eigenvalue weighted by molar-refractivity contribution is 7.86. The lowest BCUT2D eigenvalue weighted by molar-refractivity contribution is -0.750. The van der Waals surface area contributed by atoms with Crippen LogP contribution in [0.3, 0.4) is 0 Å². The number of amidine groups is 1. The number of pyridine rings is 1. The topological polar surface area (TPSA) is 127 Å². The van der Waals surface area contributed by atoms with E-state index in [0.29, 0.717) is 11.5 Å². The monoisotopic (exact) mass is 592 g/mol. The fourth-order valence-electron chi connectivity index (χ4n) is 5.86. The molecular weight excluding hydrogens is 562 g/mol. The highest BCUT2D eigenvalue weighted by Crippen LogP contribution is 2.47. The molecule has 3 heterocycles. The van der Waals surface area contributed by atoms with Crippen LogP contribution in [0, 0.1) is 12.8 Å². The Kier molecular flexibility index (Phi) is 6.49. The molecule has 4 aromatic rings. The molecule has 1 aliphatic carbocycles. The van der Waals surface area contributed by atoms with E-state index >= 15 is 0 Å². The SMILES string of the molecule is Cc1ccc(S(=O)(=O)OCC2(O)CC(C3=C4C=NC=C[N+]4(N)C(c4ccc5ccc(-c6ccccc6)nc5c4)=N3)C2)cc1. The van der Waals surface area contributed by atoms with Crippen molar-refractivity contribution in [2.24, 2.45) is 21.7 Å². The molecule has 10 heteroatoms. The maximum atomic E-state index is 12.7. The van der Waals surface area contributed by atoms with Crippen molar-refractivity contribution in [3.05, 3.63) is 120 Å². The van der Waals surface area contributed by atoms with Crippen LogP contribution in [0.25, 0.3) is 22.2 Å². The maximum absolute atomic E-state index is 12.7. The second-order valence-electron chi connectivity index (χ2n) is 11.4. The molecule has 1 fully saturated rings. The third-order valence-corrected chi connectivity index (χ3v) is 9.55. The van der Waals surface area contributed by atoms with Gasteiger partial charge in [-0.15, -0.1) is 4.59 Å². The lowest BCUT2D eigenvalue weighted by atomic mass is 9.69. The van der Waals surface area contributed by atoms with E-state index in [1.807, 2.05) is 61.5 Å². The Morgan fingerprint density at radius 3 is 2.51 bits per heavy atom. The minimum Gasteiger partial charge on any atom is -0.387 e. The minimum atomic E-state index is -3.99. The number of quaternary nitrogens is 1. The Bertz CT molecular complexity index is 1980. The summed E-state index contributed by atoms with van der Waals surface area (Å²) in [6, 6.07) is 26.5. The fraction of sp³-hybridized carbons (Fsp3) is 0.182. The van der Waals surface area contributed by atoms with Crippen LogP contribution in [0.2, 0.25) is 0 Å². The van der Waals surface area contributed by atoms with Gasteiger partial charge in [0.25, 0.3) is 16.0 Å². The molecule has 1 aromatic heterocycles. The zero-order valence-electron chi connectivity index (χ0n) is 23.5. The van der Waals surface area contributed by atoms with Gasteiger partial charge < -0.3 is 5.11 Å². The predicted octanol–water partition coefficient (Wildman–Crippen LogP) is 4.97. The molecule has 0 saturated heterocycles. The quantitative estimate of drug-likeness (QED) is 0.177. The maximum Gasteiger partial charge on any atom is 0.297 e. The van der Waals surface area contributed by atoms with Gasteiger partial charge in [0.15, 0.2) is 0 Å². The first-order valence-corrected chi connectivity index (χ1v) is 15.4. The molecule has 1 atom stereocenters. The van der Waals surface area contributed by atoms with E-state index in [2.05, 4.69) is 11.1 Å². The highest BCUT2D eigenvalue weighted by Gasteiger charge is 2.52. The number of aliphatic imine (C=N–C) groups is 2. The summed E-state index contributed by atoms with van der Waals surface area (Å²) in [7, 11) is -3.99. The lowest BCUT2D eigenvalue weighted by Gasteiger charge is -2.42. The van der Waals surface area contributed by atoms with Crippen LogP contribution in [-0.4, -0.2) is 47.4 Å². The molecular formula is C33H30N5O4S+. The van der Waals surface area contributed by atoms with Crippen molar-refractivity contribution in [3.63, 3.8) is 0 Å². The third kappa shape index (κ3) is 4.93. The average Bonchev–Trinajstić information content (AvgIpc) is 3.31. The molecule has 1 saturated carbocycles. The van der Waals surface area contributed by atoms with Gasteiger partial charge in [-0.3, -0.25) is 9.18 Å². The largest absolute Gasteiger partial charge is 0.387 e. The second-order valence-corrected chi connectivity index (χ2v) is 13.0. The van der Waals surface area contributed by atoms with Crippen LogP contribution in [-0.2, 0) is 14.3 Å². The Balaban J connectivity index is 1.14. The van der Waals surface area contributed by atoms with Gasteiger partial charge in [-0.1, -0.05) is 60.2 Å². The standard InChI is InChI=1S/C33H30N5O4S/c1-22-7-12-27(13-8-22)43(40,41)42-21-33(39)18-26(19-33)31-30-20-35-15-16-38(30,34)32(37-31)25-10-9-24-11-14-28(36-29(24)17-25)23-5-3-2-4-6-23/h2-17,20,26,39H,18-19,21,34H2,1H3/q+1. The average molecular weight is 593 g/mol. The molecule has 3 aromatic carbocycles. The number of rotatable bonds is 7. The molecule has 216 valence electrons. The van der Waals surface area contributed by atoms with Gasteiger partial charge in [-0.25, -0.2) is 4.98 Å². The number of allylic oxidation sites excluding steroid dienone is 2. The van der Waals surface area contributed by atoms with Crippen LogP contribution < -0.4 is 5.84 Å². The van der Waals surface area contributed by atoms with Gasteiger partial charge in [0.05, 0.1) is 46.3 Å². The molecule has 43 heavy (non-hydrogen) atoms. The van der Waals surface area contributed by atoms with Crippen LogP contribution in [0.5, 0.6) is 0 Å². The minimum absolute atomic E-state index is 0.0590. The number of fused-ring (bicyclic) bond motifs is 2. The van der Waals surface area contributed by atoms with Gasteiger partial charge in [0.1, 0.15) is 11.9 Å². The number of hydrogen-bond acceptors (Lipinski definition) is 8. The number of nitrogens with zero attached hydrogens (tertiary/aromatic N) is 4. The van der Waals surface area contributed by atoms with Gasteiger partial charge in [0, 0.05) is 16.9 Å². The zero-order valence-corrected chi connectivity index (χ0v) is 24.3. The summed E-state index contributed by atoms with van der Waals surface area (Å²) in [4.78, 5) is 14.3. The summed E-state index contributed by atoms with van der Waals surface area (Å²) in [6.07, 6.45) is 5.69. The molecule has 0 bridgehead atoms. The van der Waals surface area contributed by atoms with Gasteiger partial charge in [-0.05, 0) is 50.1 Å². The van der Waals surface area contributed by atoms with E-state index in [-0.39, 0.29) is 34.9 Å². The molecule has 0 radical (unpaired) electrons. The van der Waals surface area contributed by atoms with Crippen molar-refractivity contribution in [1.82, 2.24) is 4.98 Å². The predicted molar refractivity (Wildman–Crippen MR) is 165 cm³/mol. The summed E-state index contributed by atoms with van der Waals surface area (Å²) < 4.78 is 30.5. The molecule has 1 unspecified atom stereocenters. The summed E-state index contributed by atoms with van der Waals surface area (Å²) >= 11 is 0. The lowest BCUT2D eigenvalue weighted by Crippen LogP contribution is -2.53. The number of aryl methyl sites for hydroxylation is 1. The highest BCUT2D eigenvalue weighted by atomic mass is 32.2.